The Balaban J connectivity index is 1.83. The van der Waals surface area contributed by atoms with Gasteiger partial charge in [0.2, 0.25) is 5.88 Å². The monoisotopic (exact) mass is 250 g/mol. The standard InChI is InChI=1S/C13H18N2O3/c1-17-13(16)9-2-5-11(6-3-9)18-12-7-4-10(14)8-15-12/h4,7-9,11H,2-3,5-6,14H2,1H3/t9-,11-. The van der Waals surface area contributed by atoms with Gasteiger partial charge in [0.25, 0.3) is 0 Å². The highest BCUT2D eigenvalue weighted by molar-refractivity contribution is 5.72. The zero-order valence-corrected chi connectivity index (χ0v) is 10.5. The van der Waals surface area contributed by atoms with Crippen LogP contribution in [0, 0.1) is 5.92 Å². The first-order chi connectivity index (χ1) is 8.69. The number of hydrogen-bond donors (Lipinski definition) is 1. The third-order valence-corrected chi connectivity index (χ3v) is 3.26. The van der Waals surface area contributed by atoms with E-state index in [1.54, 1.807) is 18.3 Å². The van der Waals surface area contributed by atoms with E-state index in [0.717, 1.165) is 25.7 Å². The number of esters is 1. The molecule has 0 saturated heterocycles. The summed E-state index contributed by atoms with van der Waals surface area (Å²) >= 11 is 0. The molecule has 1 fully saturated rings. The summed E-state index contributed by atoms with van der Waals surface area (Å²) in [6.45, 7) is 0. The second-order valence-corrected chi connectivity index (χ2v) is 4.54. The summed E-state index contributed by atoms with van der Waals surface area (Å²) < 4.78 is 10.5. The summed E-state index contributed by atoms with van der Waals surface area (Å²) in [5.74, 6) is 0.499. The van der Waals surface area contributed by atoms with Crippen molar-refractivity contribution in [2.75, 3.05) is 12.8 Å². The fraction of sp³-hybridized carbons (Fsp3) is 0.538. The van der Waals surface area contributed by atoms with Crippen LogP contribution in [-0.4, -0.2) is 24.2 Å². The number of carbonyl (C=O) groups is 1. The molecule has 0 unspecified atom stereocenters. The Labute approximate surface area is 106 Å². The van der Waals surface area contributed by atoms with Crippen LogP contribution in [0.1, 0.15) is 25.7 Å². The molecule has 1 aliphatic carbocycles. The van der Waals surface area contributed by atoms with Crippen molar-refractivity contribution in [3.8, 4) is 5.88 Å². The number of carbonyl (C=O) groups excluding carboxylic acids is 1. The minimum Gasteiger partial charge on any atom is -0.474 e. The topological polar surface area (TPSA) is 74.4 Å². The van der Waals surface area contributed by atoms with Crippen LogP contribution in [0.3, 0.4) is 0 Å². The number of aromatic nitrogens is 1. The maximum atomic E-state index is 11.4. The molecule has 0 aliphatic heterocycles. The van der Waals surface area contributed by atoms with Crippen molar-refractivity contribution in [1.29, 1.82) is 0 Å². The van der Waals surface area contributed by atoms with E-state index < -0.39 is 0 Å². The van der Waals surface area contributed by atoms with E-state index in [9.17, 15) is 4.79 Å². The summed E-state index contributed by atoms with van der Waals surface area (Å²) in [7, 11) is 1.43. The number of nitrogens with zero attached hydrogens (tertiary/aromatic N) is 1. The number of nitrogen functional groups attached to an aromatic ring is 1. The Morgan fingerprint density at radius 1 is 1.33 bits per heavy atom. The molecular weight excluding hydrogens is 232 g/mol. The van der Waals surface area contributed by atoms with Crippen molar-refractivity contribution in [3.05, 3.63) is 18.3 Å². The summed E-state index contributed by atoms with van der Waals surface area (Å²) in [5.41, 5.74) is 6.18. The largest absolute Gasteiger partial charge is 0.474 e. The molecule has 0 radical (unpaired) electrons. The molecule has 1 saturated carbocycles. The fourth-order valence-electron chi connectivity index (χ4n) is 2.22. The zero-order chi connectivity index (χ0) is 13.0. The first-order valence-corrected chi connectivity index (χ1v) is 6.15. The molecule has 0 atom stereocenters. The Hall–Kier alpha value is -1.78. The molecule has 2 N–H and O–H groups in total. The molecule has 0 bridgehead atoms. The van der Waals surface area contributed by atoms with Crippen molar-refractivity contribution in [2.45, 2.75) is 31.8 Å². The van der Waals surface area contributed by atoms with Crippen molar-refractivity contribution in [3.63, 3.8) is 0 Å². The zero-order valence-electron chi connectivity index (χ0n) is 10.5. The first kappa shape index (κ1) is 12.7. The Bertz CT molecular complexity index is 397. The quantitative estimate of drug-likeness (QED) is 0.827. The Morgan fingerprint density at radius 2 is 2.06 bits per heavy atom. The molecule has 5 nitrogen and oxygen atoms in total. The third-order valence-electron chi connectivity index (χ3n) is 3.26. The van der Waals surface area contributed by atoms with Crippen LogP contribution in [-0.2, 0) is 9.53 Å². The minimum atomic E-state index is -0.112. The van der Waals surface area contributed by atoms with E-state index in [2.05, 4.69) is 4.98 Å². The van der Waals surface area contributed by atoms with Gasteiger partial charge in [0, 0.05) is 6.07 Å². The Kier molecular flexibility index (Phi) is 4.02. The van der Waals surface area contributed by atoms with Crippen LogP contribution in [0.5, 0.6) is 5.88 Å². The summed E-state index contributed by atoms with van der Waals surface area (Å²) in [6.07, 6.45) is 5.04. The van der Waals surface area contributed by atoms with Gasteiger partial charge in [-0.25, -0.2) is 4.98 Å². The second-order valence-electron chi connectivity index (χ2n) is 4.54. The molecule has 5 heteroatoms. The van der Waals surface area contributed by atoms with Gasteiger partial charge >= 0.3 is 5.97 Å². The molecule has 1 heterocycles. The lowest BCUT2D eigenvalue weighted by molar-refractivity contribution is -0.147. The van der Waals surface area contributed by atoms with E-state index in [0.29, 0.717) is 11.6 Å². The molecule has 0 amide bonds. The second kappa shape index (κ2) is 5.71. The van der Waals surface area contributed by atoms with E-state index >= 15 is 0 Å². The highest BCUT2D eigenvalue weighted by Crippen LogP contribution is 2.27. The van der Waals surface area contributed by atoms with E-state index in [1.165, 1.54) is 7.11 Å². The summed E-state index contributed by atoms with van der Waals surface area (Å²) in [6, 6.07) is 3.53. The van der Waals surface area contributed by atoms with Gasteiger partial charge in [0.1, 0.15) is 6.10 Å². The van der Waals surface area contributed by atoms with Crippen LogP contribution in [0.4, 0.5) is 5.69 Å². The van der Waals surface area contributed by atoms with Crippen LogP contribution < -0.4 is 10.5 Å². The normalized spacial score (nSPS) is 23.4. The number of methoxy groups -OCH3 is 1. The van der Waals surface area contributed by atoms with Gasteiger partial charge in [0.15, 0.2) is 0 Å². The number of pyridine rings is 1. The van der Waals surface area contributed by atoms with E-state index in [1.807, 2.05) is 0 Å². The van der Waals surface area contributed by atoms with Gasteiger partial charge < -0.3 is 15.2 Å². The van der Waals surface area contributed by atoms with Gasteiger partial charge in [0.05, 0.1) is 24.9 Å². The minimum absolute atomic E-state index is 0.0224. The molecule has 2 rings (SSSR count). The SMILES string of the molecule is COC(=O)[C@H]1CC[C@H](Oc2ccc(N)cn2)CC1. The van der Waals surface area contributed by atoms with Gasteiger partial charge in [-0.05, 0) is 31.7 Å². The van der Waals surface area contributed by atoms with E-state index in [4.69, 9.17) is 15.2 Å². The lowest BCUT2D eigenvalue weighted by Crippen LogP contribution is -2.28. The molecule has 1 aromatic rings. The number of rotatable bonds is 3. The lowest BCUT2D eigenvalue weighted by atomic mass is 9.87. The average molecular weight is 250 g/mol. The van der Waals surface area contributed by atoms with Crippen LogP contribution in [0.2, 0.25) is 0 Å². The van der Waals surface area contributed by atoms with Gasteiger partial charge in [-0.2, -0.15) is 0 Å². The van der Waals surface area contributed by atoms with Gasteiger partial charge in [-0.3, -0.25) is 4.79 Å². The smallest absolute Gasteiger partial charge is 0.308 e. The molecule has 0 aromatic carbocycles. The summed E-state index contributed by atoms with van der Waals surface area (Å²) in [5, 5.41) is 0. The lowest BCUT2D eigenvalue weighted by Gasteiger charge is -2.27. The number of ether oxygens (including phenoxy) is 2. The summed E-state index contributed by atoms with van der Waals surface area (Å²) in [4.78, 5) is 15.5. The highest BCUT2D eigenvalue weighted by atomic mass is 16.5. The Morgan fingerprint density at radius 3 is 2.61 bits per heavy atom. The van der Waals surface area contributed by atoms with Crippen molar-refractivity contribution >= 4 is 11.7 Å². The van der Waals surface area contributed by atoms with Gasteiger partial charge in [-0.1, -0.05) is 0 Å². The van der Waals surface area contributed by atoms with E-state index in [-0.39, 0.29) is 18.0 Å². The highest BCUT2D eigenvalue weighted by Gasteiger charge is 2.27. The number of hydrogen-bond acceptors (Lipinski definition) is 5. The predicted molar refractivity (Wildman–Crippen MR) is 67.0 cm³/mol. The molecule has 98 valence electrons. The van der Waals surface area contributed by atoms with Crippen LogP contribution in [0.15, 0.2) is 18.3 Å². The van der Waals surface area contributed by atoms with Gasteiger partial charge in [-0.15, -0.1) is 0 Å². The third kappa shape index (κ3) is 3.12. The molecular formula is C13H18N2O3. The maximum Gasteiger partial charge on any atom is 0.308 e. The van der Waals surface area contributed by atoms with Crippen molar-refractivity contribution in [1.82, 2.24) is 4.98 Å². The average Bonchev–Trinajstić information content (AvgIpc) is 2.41. The van der Waals surface area contributed by atoms with Crippen LogP contribution in [0.25, 0.3) is 0 Å². The van der Waals surface area contributed by atoms with Crippen molar-refractivity contribution < 1.29 is 14.3 Å². The fourth-order valence-corrected chi connectivity index (χ4v) is 2.22. The molecule has 0 spiro atoms. The molecule has 1 aromatic heterocycles. The molecule has 1 aliphatic rings. The predicted octanol–water partition coefficient (Wildman–Crippen LogP) is 1.77. The number of anilines is 1. The number of nitrogens with two attached hydrogens (primary N) is 1. The first-order valence-electron chi connectivity index (χ1n) is 6.15. The van der Waals surface area contributed by atoms with Crippen molar-refractivity contribution in [2.24, 2.45) is 5.92 Å². The maximum absolute atomic E-state index is 11.4. The molecule has 18 heavy (non-hydrogen) atoms. The van der Waals surface area contributed by atoms with Crippen LogP contribution >= 0.6 is 0 Å².